The van der Waals surface area contributed by atoms with Gasteiger partial charge in [0.2, 0.25) is 0 Å². The highest BCUT2D eigenvalue weighted by atomic mass is 19.1. The van der Waals surface area contributed by atoms with Crippen LogP contribution in [-0.4, -0.2) is 21.3 Å². The lowest BCUT2D eigenvalue weighted by Crippen LogP contribution is -2.26. The summed E-state index contributed by atoms with van der Waals surface area (Å²) in [7, 11) is 0. The minimum absolute atomic E-state index is 0.215. The summed E-state index contributed by atoms with van der Waals surface area (Å²) in [5.41, 5.74) is 6.89. The standard InChI is InChI=1S/C14H17FN4/c1-9-3-2-4-11(13(9)15)14-18-17-12-6-5-10(7-16)8-19(12)14/h2-4,10H,5-8,16H2,1H3. The summed E-state index contributed by atoms with van der Waals surface area (Å²) < 4.78 is 16.2. The number of fused-ring (bicyclic) bond motifs is 1. The van der Waals surface area contributed by atoms with Gasteiger partial charge in [0, 0.05) is 13.0 Å². The molecule has 1 aromatic heterocycles. The molecule has 0 saturated heterocycles. The Morgan fingerprint density at radius 2 is 2.26 bits per heavy atom. The molecule has 0 radical (unpaired) electrons. The quantitative estimate of drug-likeness (QED) is 0.897. The van der Waals surface area contributed by atoms with Gasteiger partial charge in [-0.3, -0.25) is 0 Å². The molecule has 100 valence electrons. The van der Waals surface area contributed by atoms with E-state index in [1.54, 1.807) is 19.1 Å². The highest BCUT2D eigenvalue weighted by Gasteiger charge is 2.24. The minimum Gasteiger partial charge on any atom is -0.330 e. The van der Waals surface area contributed by atoms with Crippen LogP contribution >= 0.6 is 0 Å². The van der Waals surface area contributed by atoms with Crippen molar-refractivity contribution in [1.29, 1.82) is 0 Å². The fourth-order valence-electron chi connectivity index (χ4n) is 2.61. The Balaban J connectivity index is 2.07. The Bertz CT molecular complexity index is 605. The Morgan fingerprint density at radius 3 is 3.05 bits per heavy atom. The second kappa shape index (κ2) is 4.74. The van der Waals surface area contributed by atoms with Crippen LogP contribution in [-0.2, 0) is 13.0 Å². The molecule has 0 aliphatic carbocycles. The summed E-state index contributed by atoms with van der Waals surface area (Å²) in [5, 5.41) is 8.35. The van der Waals surface area contributed by atoms with Crippen molar-refractivity contribution in [2.45, 2.75) is 26.3 Å². The molecule has 0 fully saturated rings. The number of hydrogen-bond acceptors (Lipinski definition) is 3. The lowest BCUT2D eigenvalue weighted by molar-refractivity contribution is 0.375. The predicted octanol–water partition coefficient (Wildman–Crippen LogP) is 1.91. The molecule has 3 rings (SSSR count). The number of halogens is 1. The predicted molar refractivity (Wildman–Crippen MR) is 71.0 cm³/mol. The van der Waals surface area contributed by atoms with Crippen molar-refractivity contribution in [3.05, 3.63) is 35.4 Å². The largest absolute Gasteiger partial charge is 0.330 e. The van der Waals surface area contributed by atoms with Crippen molar-refractivity contribution in [1.82, 2.24) is 14.8 Å². The summed E-state index contributed by atoms with van der Waals surface area (Å²) in [6, 6.07) is 5.36. The summed E-state index contributed by atoms with van der Waals surface area (Å²) in [4.78, 5) is 0. The van der Waals surface area contributed by atoms with Gasteiger partial charge in [0.15, 0.2) is 5.82 Å². The maximum Gasteiger partial charge on any atom is 0.166 e. The van der Waals surface area contributed by atoms with E-state index in [1.165, 1.54) is 0 Å². The molecular weight excluding hydrogens is 243 g/mol. The minimum atomic E-state index is -0.215. The van der Waals surface area contributed by atoms with E-state index in [9.17, 15) is 4.39 Å². The number of nitrogens with two attached hydrogens (primary N) is 1. The Hall–Kier alpha value is -1.75. The van der Waals surface area contributed by atoms with Gasteiger partial charge in [0.05, 0.1) is 5.56 Å². The normalized spacial score (nSPS) is 18.4. The van der Waals surface area contributed by atoms with Crippen LogP contribution in [0.4, 0.5) is 4.39 Å². The van der Waals surface area contributed by atoms with Crippen molar-refractivity contribution in [2.24, 2.45) is 11.7 Å². The summed E-state index contributed by atoms with van der Waals surface area (Å²) in [6.07, 6.45) is 1.90. The van der Waals surface area contributed by atoms with Crippen molar-refractivity contribution in [3.63, 3.8) is 0 Å². The van der Waals surface area contributed by atoms with Crippen molar-refractivity contribution in [3.8, 4) is 11.4 Å². The van der Waals surface area contributed by atoms with Gasteiger partial charge in [-0.25, -0.2) is 4.39 Å². The van der Waals surface area contributed by atoms with Gasteiger partial charge < -0.3 is 10.3 Å². The maximum absolute atomic E-state index is 14.2. The topological polar surface area (TPSA) is 56.7 Å². The molecule has 2 heterocycles. The molecule has 0 spiro atoms. The molecule has 1 atom stereocenters. The Labute approximate surface area is 111 Å². The molecule has 2 aromatic rings. The van der Waals surface area contributed by atoms with E-state index >= 15 is 0 Å². The molecular formula is C14H17FN4. The van der Waals surface area contributed by atoms with E-state index in [-0.39, 0.29) is 5.82 Å². The molecule has 1 aliphatic heterocycles. The first-order chi connectivity index (χ1) is 9.20. The van der Waals surface area contributed by atoms with Gasteiger partial charge in [-0.2, -0.15) is 0 Å². The van der Waals surface area contributed by atoms with Gasteiger partial charge >= 0.3 is 0 Å². The third-order valence-corrected chi connectivity index (χ3v) is 3.81. The van der Waals surface area contributed by atoms with Crippen LogP contribution in [0.15, 0.2) is 18.2 Å². The van der Waals surface area contributed by atoms with E-state index in [4.69, 9.17) is 5.73 Å². The van der Waals surface area contributed by atoms with E-state index in [0.29, 0.717) is 29.4 Å². The van der Waals surface area contributed by atoms with E-state index in [1.807, 2.05) is 10.6 Å². The van der Waals surface area contributed by atoms with Crippen molar-refractivity contribution in [2.75, 3.05) is 6.54 Å². The fraction of sp³-hybridized carbons (Fsp3) is 0.429. The highest BCUT2D eigenvalue weighted by Crippen LogP contribution is 2.27. The lowest BCUT2D eigenvalue weighted by Gasteiger charge is -2.23. The van der Waals surface area contributed by atoms with Gasteiger partial charge in [0.25, 0.3) is 0 Å². The first-order valence-corrected chi connectivity index (χ1v) is 6.58. The third kappa shape index (κ3) is 2.04. The SMILES string of the molecule is Cc1cccc(-c2nnc3n2CC(CN)CC3)c1F. The fourth-order valence-corrected chi connectivity index (χ4v) is 2.61. The van der Waals surface area contributed by atoms with Crippen LogP contribution in [0.2, 0.25) is 0 Å². The molecule has 0 bridgehead atoms. The van der Waals surface area contributed by atoms with Gasteiger partial charge in [0.1, 0.15) is 11.6 Å². The van der Waals surface area contributed by atoms with E-state index in [0.717, 1.165) is 25.2 Å². The Kier molecular flexibility index (Phi) is 3.06. The molecule has 19 heavy (non-hydrogen) atoms. The molecule has 4 nitrogen and oxygen atoms in total. The second-order valence-corrected chi connectivity index (χ2v) is 5.13. The number of aromatic nitrogens is 3. The van der Waals surface area contributed by atoms with Crippen LogP contribution in [0.3, 0.4) is 0 Å². The zero-order chi connectivity index (χ0) is 13.4. The number of aryl methyl sites for hydroxylation is 2. The molecule has 1 aliphatic rings. The van der Waals surface area contributed by atoms with Crippen LogP contribution in [0.25, 0.3) is 11.4 Å². The lowest BCUT2D eigenvalue weighted by atomic mass is 9.99. The average molecular weight is 260 g/mol. The van der Waals surface area contributed by atoms with Gasteiger partial charge in [-0.1, -0.05) is 12.1 Å². The van der Waals surface area contributed by atoms with Crippen molar-refractivity contribution >= 4 is 0 Å². The van der Waals surface area contributed by atoms with Crippen molar-refractivity contribution < 1.29 is 4.39 Å². The number of benzene rings is 1. The number of rotatable bonds is 2. The zero-order valence-corrected chi connectivity index (χ0v) is 10.9. The molecule has 0 saturated carbocycles. The summed E-state index contributed by atoms with van der Waals surface area (Å²) in [5.74, 6) is 1.76. The summed E-state index contributed by atoms with van der Waals surface area (Å²) >= 11 is 0. The first kappa shape index (κ1) is 12.3. The van der Waals surface area contributed by atoms with Crippen LogP contribution in [0, 0.1) is 18.7 Å². The molecule has 5 heteroatoms. The first-order valence-electron chi connectivity index (χ1n) is 6.58. The van der Waals surface area contributed by atoms with Crippen LogP contribution in [0.1, 0.15) is 17.8 Å². The molecule has 1 aromatic carbocycles. The zero-order valence-electron chi connectivity index (χ0n) is 10.9. The van der Waals surface area contributed by atoms with E-state index < -0.39 is 0 Å². The van der Waals surface area contributed by atoms with Gasteiger partial charge in [-0.15, -0.1) is 10.2 Å². The van der Waals surface area contributed by atoms with E-state index in [2.05, 4.69) is 10.2 Å². The van der Waals surface area contributed by atoms with Gasteiger partial charge in [-0.05, 0) is 37.4 Å². The number of hydrogen-bond donors (Lipinski definition) is 1. The second-order valence-electron chi connectivity index (χ2n) is 5.13. The monoisotopic (exact) mass is 260 g/mol. The molecule has 2 N–H and O–H groups in total. The number of nitrogens with zero attached hydrogens (tertiary/aromatic N) is 3. The average Bonchev–Trinajstić information content (AvgIpc) is 2.84. The molecule has 0 amide bonds. The van der Waals surface area contributed by atoms with Crippen LogP contribution < -0.4 is 5.73 Å². The third-order valence-electron chi connectivity index (χ3n) is 3.81. The Morgan fingerprint density at radius 1 is 1.42 bits per heavy atom. The maximum atomic E-state index is 14.2. The highest BCUT2D eigenvalue weighted by molar-refractivity contribution is 5.57. The summed E-state index contributed by atoms with van der Waals surface area (Å²) in [6.45, 7) is 3.18. The molecule has 1 unspecified atom stereocenters. The van der Waals surface area contributed by atoms with Crippen LogP contribution in [0.5, 0.6) is 0 Å². The smallest absolute Gasteiger partial charge is 0.166 e.